The van der Waals surface area contributed by atoms with Crippen LogP contribution < -0.4 is 10.6 Å². The summed E-state index contributed by atoms with van der Waals surface area (Å²) in [4.78, 5) is 43.5. The van der Waals surface area contributed by atoms with Crippen molar-refractivity contribution in [2.45, 2.75) is 32.9 Å². The number of thiazole rings is 1. The minimum atomic E-state index is -0.360. The van der Waals surface area contributed by atoms with Crippen molar-refractivity contribution in [2.24, 2.45) is 0 Å². The molecule has 1 aromatic carbocycles. The lowest BCUT2D eigenvalue weighted by Gasteiger charge is -2.22. The molecule has 0 bridgehead atoms. The molecule has 10 nitrogen and oxygen atoms in total. The molecule has 5 rings (SSSR count). The number of carbonyl (C=O) groups is 3. The Morgan fingerprint density at radius 2 is 1.84 bits per heavy atom. The van der Waals surface area contributed by atoms with Crippen LogP contribution in [-0.2, 0) is 16.9 Å². The number of nitrogens with one attached hydrogen (secondary N) is 2. The molecule has 11 heteroatoms. The fourth-order valence-electron chi connectivity index (χ4n) is 4.12. The summed E-state index contributed by atoms with van der Waals surface area (Å²) in [5, 5.41) is 12.3. The lowest BCUT2D eigenvalue weighted by Crippen LogP contribution is -2.37. The van der Waals surface area contributed by atoms with E-state index in [0.29, 0.717) is 35.2 Å². The number of likely N-dealkylation sites (N-methyl/N-ethyl adjacent to an activating group) is 1. The van der Waals surface area contributed by atoms with Gasteiger partial charge in [0.15, 0.2) is 5.13 Å². The van der Waals surface area contributed by atoms with Gasteiger partial charge in [-0.2, -0.15) is 5.10 Å². The minimum absolute atomic E-state index is 0.0365. The van der Waals surface area contributed by atoms with E-state index in [2.05, 4.69) is 20.7 Å². The molecule has 0 aliphatic carbocycles. The highest BCUT2D eigenvalue weighted by atomic mass is 32.1. The van der Waals surface area contributed by atoms with Gasteiger partial charge in [0.05, 0.1) is 30.0 Å². The second-order valence-electron chi connectivity index (χ2n) is 10.2. The topological polar surface area (TPSA) is 114 Å². The summed E-state index contributed by atoms with van der Waals surface area (Å²) in [6, 6.07) is 11.3. The smallest absolute Gasteiger partial charge is 0.271 e. The molecule has 196 valence electrons. The molecule has 3 aromatic heterocycles. The number of rotatable bonds is 6. The van der Waals surface area contributed by atoms with E-state index in [4.69, 9.17) is 0 Å². The van der Waals surface area contributed by atoms with Crippen molar-refractivity contribution in [1.29, 1.82) is 0 Å². The van der Waals surface area contributed by atoms with E-state index >= 15 is 0 Å². The normalized spacial score (nSPS) is 13.4. The largest absolute Gasteiger partial charge is 0.348 e. The summed E-state index contributed by atoms with van der Waals surface area (Å²) in [5.74, 6) is -0.707. The van der Waals surface area contributed by atoms with Crippen molar-refractivity contribution < 1.29 is 14.4 Å². The zero-order chi connectivity index (χ0) is 27.0. The van der Waals surface area contributed by atoms with Gasteiger partial charge in [-0.15, -0.1) is 11.3 Å². The van der Waals surface area contributed by atoms with Crippen LogP contribution in [0.4, 0.5) is 5.13 Å². The maximum Gasteiger partial charge on any atom is 0.271 e. The van der Waals surface area contributed by atoms with Crippen molar-refractivity contribution in [2.75, 3.05) is 25.5 Å². The summed E-state index contributed by atoms with van der Waals surface area (Å²) in [7, 11) is 1.79. The zero-order valence-corrected chi connectivity index (χ0v) is 22.5. The Labute approximate surface area is 224 Å². The van der Waals surface area contributed by atoms with Crippen molar-refractivity contribution in [3.05, 3.63) is 65.4 Å². The molecule has 2 N–H and O–H groups in total. The van der Waals surface area contributed by atoms with E-state index in [9.17, 15) is 14.4 Å². The van der Waals surface area contributed by atoms with Crippen LogP contribution in [0.25, 0.3) is 22.5 Å². The Hall–Kier alpha value is -4.25. The van der Waals surface area contributed by atoms with Crippen molar-refractivity contribution in [3.63, 3.8) is 0 Å². The first-order valence-electron chi connectivity index (χ1n) is 12.2. The third-order valence-corrected chi connectivity index (χ3v) is 7.09. The van der Waals surface area contributed by atoms with E-state index in [1.807, 2.05) is 67.2 Å². The van der Waals surface area contributed by atoms with Crippen LogP contribution in [0.1, 0.15) is 41.6 Å². The number of amides is 3. The zero-order valence-electron chi connectivity index (χ0n) is 21.7. The number of nitrogens with zero attached hydrogens (tertiary/aromatic N) is 5. The lowest BCUT2D eigenvalue weighted by molar-refractivity contribution is -0.115. The average molecular weight is 532 g/mol. The number of aromatic nitrogens is 4. The highest BCUT2D eigenvalue weighted by Crippen LogP contribution is 2.29. The van der Waals surface area contributed by atoms with Crippen LogP contribution in [0.2, 0.25) is 0 Å². The molecule has 38 heavy (non-hydrogen) atoms. The van der Waals surface area contributed by atoms with Crippen LogP contribution in [0.15, 0.2) is 54.2 Å². The lowest BCUT2D eigenvalue weighted by atomic mass is 10.1. The third-order valence-electron chi connectivity index (χ3n) is 6.34. The molecule has 0 atom stereocenters. The monoisotopic (exact) mass is 531 g/mol. The second kappa shape index (κ2) is 9.90. The first kappa shape index (κ1) is 25.4. The Morgan fingerprint density at radius 1 is 1.08 bits per heavy atom. The Morgan fingerprint density at radius 3 is 2.58 bits per heavy atom. The average Bonchev–Trinajstić information content (AvgIpc) is 3.64. The summed E-state index contributed by atoms with van der Waals surface area (Å²) < 4.78 is 3.70. The summed E-state index contributed by atoms with van der Waals surface area (Å²) >= 11 is 1.30. The van der Waals surface area contributed by atoms with Gasteiger partial charge in [0.1, 0.15) is 5.69 Å². The molecule has 0 radical (unpaired) electrons. The maximum atomic E-state index is 12.4. The number of fused-ring (bicyclic) bond motifs is 1. The fourth-order valence-corrected chi connectivity index (χ4v) is 4.85. The first-order chi connectivity index (χ1) is 18.1. The van der Waals surface area contributed by atoms with Gasteiger partial charge in [0.25, 0.3) is 11.8 Å². The number of anilines is 1. The van der Waals surface area contributed by atoms with Gasteiger partial charge in [0, 0.05) is 48.0 Å². The van der Waals surface area contributed by atoms with Crippen molar-refractivity contribution in [1.82, 2.24) is 29.5 Å². The van der Waals surface area contributed by atoms with E-state index in [-0.39, 0.29) is 29.8 Å². The van der Waals surface area contributed by atoms with E-state index in [1.54, 1.807) is 28.9 Å². The van der Waals surface area contributed by atoms with Crippen molar-refractivity contribution >= 4 is 34.2 Å². The molecule has 0 saturated heterocycles. The van der Waals surface area contributed by atoms with E-state index in [1.165, 1.54) is 11.3 Å². The SMILES string of the molecule is CN1CCn2nc(-c3cccc(-c4csc(NC(=O)CNC(=O)c5ccn(C(C)(C)C)c5)n4)c3)cc2C1=O. The van der Waals surface area contributed by atoms with Gasteiger partial charge in [-0.3, -0.25) is 19.1 Å². The van der Waals surface area contributed by atoms with Gasteiger partial charge in [-0.1, -0.05) is 18.2 Å². The number of hydrogen-bond donors (Lipinski definition) is 2. The molecule has 1 aliphatic rings. The van der Waals surface area contributed by atoms with E-state index in [0.717, 1.165) is 16.8 Å². The maximum absolute atomic E-state index is 12.4. The van der Waals surface area contributed by atoms with Crippen LogP contribution >= 0.6 is 11.3 Å². The van der Waals surface area contributed by atoms with Gasteiger partial charge < -0.3 is 20.1 Å². The molecule has 0 spiro atoms. The quantitative estimate of drug-likeness (QED) is 0.394. The molecular weight excluding hydrogens is 502 g/mol. The number of benzene rings is 1. The summed E-state index contributed by atoms with van der Waals surface area (Å²) in [5.41, 5.74) is 4.12. The van der Waals surface area contributed by atoms with Gasteiger partial charge >= 0.3 is 0 Å². The number of hydrogen-bond acceptors (Lipinski definition) is 6. The standard InChI is InChI=1S/C27H29N7O3S/c1-27(2,3)33-9-8-19(15-33)24(36)28-14-23(35)30-26-29-21(16-38-26)18-7-5-6-17(12-18)20-13-22-25(37)32(4)10-11-34(22)31-20/h5-9,12-13,15-16H,10-11,14H2,1-4H3,(H,28,36)(H,29,30,35). The molecule has 4 heterocycles. The Kier molecular flexibility index (Phi) is 6.62. The molecular formula is C27H29N7O3S. The van der Waals surface area contributed by atoms with Crippen LogP contribution in [0.3, 0.4) is 0 Å². The van der Waals surface area contributed by atoms with Crippen LogP contribution in [-0.4, -0.2) is 62.1 Å². The molecule has 0 unspecified atom stereocenters. The summed E-state index contributed by atoms with van der Waals surface area (Å²) in [6.45, 7) is 7.28. The Bertz CT molecular complexity index is 1530. The Balaban J connectivity index is 1.22. The van der Waals surface area contributed by atoms with Crippen LogP contribution in [0, 0.1) is 0 Å². The molecule has 4 aromatic rings. The summed E-state index contributed by atoms with van der Waals surface area (Å²) in [6.07, 6.45) is 3.61. The predicted molar refractivity (Wildman–Crippen MR) is 146 cm³/mol. The molecule has 0 fully saturated rings. The molecule has 1 aliphatic heterocycles. The van der Waals surface area contributed by atoms with Crippen molar-refractivity contribution in [3.8, 4) is 22.5 Å². The third kappa shape index (κ3) is 5.23. The van der Waals surface area contributed by atoms with Gasteiger partial charge in [-0.05, 0) is 39.0 Å². The number of carbonyl (C=O) groups excluding carboxylic acids is 3. The highest BCUT2D eigenvalue weighted by molar-refractivity contribution is 7.14. The fraction of sp³-hybridized carbons (Fsp3) is 0.296. The minimum Gasteiger partial charge on any atom is -0.348 e. The first-order valence-corrected chi connectivity index (χ1v) is 13.1. The highest BCUT2D eigenvalue weighted by Gasteiger charge is 2.24. The molecule has 3 amide bonds. The molecule has 0 saturated carbocycles. The van der Waals surface area contributed by atoms with Gasteiger partial charge in [-0.25, -0.2) is 4.98 Å². The van der Waals surface area contributed by atoms with Gasteiger partial charge in [0.2, 0.25) is 5.91 Å². The predicted octanol–water partition coefficient (Wildman–Crippen LogP) is 3.68. The van der Waals surface area contributed by atoms with E-state index < -0.39 is 0 Å². The second-order valence-corrected chi connectivity index (χ2v) is 11.1. The van der Waals surface area contributed by atoms with Crippen LogP contribution in [0.5, 0.6) is 0 Å².